The maximum Gasteiger partial charge on any atom is 0.261 e. The standard InChI is InChI=1S/C6H11N5O/c1-6(2,5(12)10-7)11-4-8-3-9-11/h3-4H,7H2,1-2H3,(H,10,12). The molecule has 1 aromatic heterocycles. The van der Waals surface area contributed by atoms with Crippen molar-refractivity contribution in [1.29, 1.82) is 0 Å². The SMILES string of the molecule is CC(C)(C(=O)NN)n1cncn1. The Kier molecular flexibility index (Phi) is 2.09. The van der Waals surface area contributed by atoms with Crippen molar-refractivity contribution in [2.45, 2.75) is 19.4 Å². The second-order valence-corrected chi connectivity index (χ2v) is 2.87. The van der Waals surface area contributed by atoms with Gasteiger partial charge in [0.15, 0.2) is 0 Å². The van der Waals surface area contributed by atoms with Crippen LogP contribution >= 0.6 is 0 Å². The normalized spacial score (nSPS) is 11.2. The minimum atomic E-state index is -0.800. The average Bonchev–Trinajstić information content (AvgIpc) is 2.55. The number of hydrazine groups is 1. The number of nitrogens with zero attached hydrogens (tertiary/aromatic N) is 3. The minimum Gasteiger partial charge on any atom is -0.292 e. The Morgan fingerprint density at radius 3 is 2.75 bits per heavy atom. The fraction of sp³-hybridized carbons (Fsp3) is 0.500. The van der Waals surface area contributed by atoms with Gasteiger partial charge in [-0.1, -0.05) is 0 Å². The number of nitrogens with one attached hydrogen (secondary N) is 1. The van der Waals surface area contributed by atoms with Gasteiger partial charge in [0.25, 0.3) is 5.91 Å². The van der Waals surface area contributed by atoms with Crippen LogP contribution in [0.4, 0.5) is 0 Å². The summed E-state index contributed by atoms with van der Waals surface area (Å²) in [4.78, 5) is 14.9. The van der Waals surface area contributed by atoms with Gasteiger partial charge in [-0.3, -0.25) is 10.2 Å². The summed E-state index contributed by atoms with van der Waals surface area (Å²) in [6, 6.07) is 0. The van der Waals surface area contributed by atoms with Crippen LogP contribution in [-0.4, -0.2) is 20.7 Å². The van der Waals surface area contributed by atoms with E-state index in [4.69, 9.17) is 5.84 Å². The van der Waals surface area contributed by atoms with Crippen molar-refractivity contribution >= 4 is 5.91 Å². The van der Waals surface area contributed by atoms with Crippen LogP contribution in [0.1, 0.15) is 13.8 Å². The molecule has 0 saturated heterocycles. The lowest BCUT2D eigenvalue weighted by atomic mass is 10.1. The summed E-state index contributed by atoms with van der Waals surface area (Å²) in [6.07, 6.45) is 2.83. The van der Waals surface area contributed by atoms with E-state index >= 15 is 0 Å². The lowest BCUT2D eigenvalue weighted by Crippen LogP contribution is -2.47. The summed E-state index contributed by atoms with van der Waals surface area (Å²) >= 11 is 0. The molecule has 6 nitrogen and oxygen atoms in total. The predicted octanol–water partition coefficient (Wildman–Crippen LogP) is -0.997. The molecule has 66 valence electrons. The van der Waals surface area contributed by atoms with Crippen molar-refractivity contribution in [2.75, 3.05) is 0 Å². The van der Waals surface area contributed by atoms with E-state index in [1.807, 2.05) is 0 Å². The third kappa shape index (κ3) is 1.28. The summed E-state index contributed by atoms with van der Waals surface area (Å²) in [7, 11) is 0. The zero-order chi connectivity index (χ0) is 9.19. The second-order valence-electron chi connectivity index (χ2n) is 2.87. The number of rotatable bonds is 2. The Labute approximate surface area is 69.7 Å². The van der Waals surface area contributed by atoms with Gasteiger partial charge in [0, 0.05) is 0 Å². The summed E-state index contributed by atoms with van der Waals surface area (Å²) in [5.41, 5.74) is 1.27. The molecule has 0 aromatic carbocycles. The lowest BCUT2D eigenvalue weighted by molar-refractivity contribution is -0.128. The van der Waals surface area contributed by atoms with Crippen molar-refractivity contribution in [3.05, 3.63) is 12.7 Å². The zero-order valence-electron chi connectivity index (χ0n) is 6.98. The van der Waals surface area contributed by atoms with Crippen LogP contribution in [0.25, 0.3) is 0 Å². The van der Waals surface area contributed by atoms with Crippen LogP contribution in [0.15, 0.2) is 12.7 Å². The first-order valence-corrected chi connectivity index (χ1v) is 3.45. The molecule has 0 radical (unpaired) electrons. The average molecular weight is 169 g/mol. The van der Waals surface area contributed by atoms with Gasteiger partial charge in [-0.15, -0.1) is 0 Å². The molecule has 1 aromatic rings. The summed E-state index contributed by atoms with van der Waals surface area (Å²) < 4.78 is 1.44. The largest absolute Gasteiger partial charge is 0.292 e. The molecule has 0 aliphatic carbocycles. The molecule has 0 saturated carbocycles. The first kappa shape index (κ1) is 8.66. The topological polar surface area (TPSA) is 85.8 Å². The highest BCUT2D eigenvalue weighted by Crippen LogP contribution is 2.11. The zero-order valence-corrected chi connectivity index (χ0v) is 6.98. The Hall–Kier alpha value is -1.43. The fourth-order valence-electron chi connectivity index (χ4n) is 0.778. The summed E-state index contributed by atoms with van der Waals surface area (Å²) in [5, 5.41) is 3.85. The van der Waals surface area contributed by atoms with Crippen LogP contribution in [0, 0.1) is 0 Å². The first-order valence-electron chi connectivity index (χ1n) is 3.45. The number of amides is 1. The molecule has 1 heterocycles. The fourth-order valence-corrected chi connectivity index (χ4v) is 0.778. The monoisotopic (exact) mass is 169 g/mol. The van der Waals surface area contributed by atoms with Crippen LogP contribution in [0.5, 0.6) is 0 Å². The molecule has 0 spiro atoms. The van der Waals surface area contributed by atoms with Gasteiger partial charge in [-0.2, -0.15) is 5.10 Å². The highest BCUT2D eigenvalue weighted by Gasteiger charge is 2.29. The molecular formula is C6H11N5O. The summed E-state index contributed by atoms with van der Waals surface area (Å²) in [6.45, 7) is 3.40. The predicted molar refractivity (Wildman–Crippen MR) is 41.7 cm³/mol. The highest BCUT2D eigenvalue weighted by atomic mass is 16.2. The molecule has 0 fully saturated rings. The van der Waals surface area contributed by atoms with E-state index in [1.54, 1.807) is 13.8 Å². The van der Waals surface area contributed by atoms with Crippen molar-refractivity contribution in [3.63, 3.8) is 0 Å². The summed E-state index contributed by atoms with van der Waals surface area (Å²) in [5.74, 6) is 4.69. The third-order valence-corrected chi connectivity index (χ3v) is 1.68. The van der Waals surface area contributed by atoms with Crippen LogP contribution < -0.4 is 11.3 Å². The smallest absolute Gasteiger partial charge is 0.261 e. The Morgan fingerprint density at radius 1 is 1.67 bits per heavy atom. The highest BCUT2D eigenvalue weighted by molar-refractivity contribution is 5.82. The molecule has 0 aliphatic heterocycles. The number of carbonyl (C=O) groups is 1. The molecule has 0 atom stereocenters. The Morgan fingerprint density at radius 2 is 2.33 bits per heavy atom. The number of aromatic nitrogens is 3. The van der Waals surface area contributed by atoms with E-state index in [2.05, 4.69) is 15.5 Å². The quantitative estimate of drug-likeness (QED) is 0.338. The molecular weight excluding hydrogens is 158 g/mol. The van der Waals surface area contributed by atoms with E-state index in [0.717, 1.165) is 0 Å². The molecule has 12 heavy (non-hydrogen) atoms. The van der Waals surface area contributed by atoms with Gasteiger partial charge in [-0.25, -0.2) is 15.5 Å². The maximum absolute atomic E-state index is 11.2. The molecule has 0 unspecified atom stereocenters. The lowest BCUT2D eigenvalue weighted by Gasteiger charge is -2.21. The minimum absolute atomic E-state index is 0.312. The maximum atomic E-state index is 11.2. The van der Waals surface area contributed by atoms with Crippen molar-refractivity contribution in [1.82, 2.24) is 20.2 Å². The number of hydrogen-bond acceptors (Lipinski definition) is 4. The number of carbonyl (C=O) groups excluding carboxylic acids is 1. The number of hydrogen-bond donors (Lipinski definition) is 2. The van der Waals surface area contributed by atoms with E-state index in [-0.39, 0.29) is 5.91 Å². The molecule has 6 heteroatoms. The molecule has 1 rings (SSSR count). The van der Waals surface area contributed by atoms with Gasteiger partial charge in [-0.05, 0) is 13.8 Å². The van der Waals surface area contributed by atoms with Gasteiger partial charge < -0.3 is 0 Å². The van der Waals surface area contributed by atoms with E-state index in [9.17, 15) is 4.79 Å². The van der Waals surface area contributed by atoms with Gasteiger partial charge in [0.05, 0.1) is 0 Å². The van der Waals surface area contributed by atoms with E-state index in [1.165, 1.54) is 17.3 Å². The van der Waals surface area contributed by atoms with Gasteiger partial charge >= 0.3 is 0 Å². The first-order chi connectivity index (χ1) is 5.59. The molecule has 1 amide bonds. The van der Waals surface area contributed by atoms with Crippen LogP contribution in [0.3, 0.4) is 0 Å². The molecule has 3 N–H and O–H groups in total. The third-order valence-electron chi connectivity index (χ3n) is 1.68. The van der Waals surface area contributed by atoms with E-state index < -0.39 is 5.54 Å². The van der Waals surface area contributed by atoms with Crippen molar-refractivity contribution in [2.24, 2.45) is 5.84 Å². The Bertz CT molecular complexity index is 265. The van der Waals surface area contributed by atoms with E-state index in [0.29, 0.717) is 0 Å². The van der Waals surface area contributed by atoms with Gasteiger partial charge in [0.1, 0.15) is 18.2 Å². The molecule has 0 aliphatic rings. The number of nitrogens with two attached hydrogens (primary N) is 1. The van der Waals surface area contributed by atoms with Crippen LogP contribution in [-0.2, 0) is 10.3 Å². The second kappa shape index (κ2) is 2.90. The van der Waals surface area contributed by atoms with Crippen molar-refractivity contribution < 1.29 is 4.79 Å². The van der Waals surface area contributed by atoms with Crippen LogP contribution in [0.2, 0.25) is 0 Å². The van der Waals surface area contributed by atoms with Gasteiger partial charge in [0.2, 0.25) is 0 Å². The Balaban J connectivity index is 2.93. The van der Waals surface area contributed by atoms with Crippen molar-refractivity contribution in [3.8, 4) is 0 Å². The molecule has 0 bridgehead atoms.